The maximum Gasteiger partial charge on any atom is 0.0897 e. The lowest BCUT2D eigenvalue weighted by molar-refractivity contribution is 0.0861. The first-order valence-corrected chi connectivity index (χ1v) is 8.34. The van der Waals surface area contributed by atoms with Crippen LogP contribution >= 0.6 is 11.3 Å². The van der Waals surface area contributed by atoms with Gasteiger partial charge in [-0.25, -0.2) is 4.98 Å². The topological polar surface area (TPSA) is 28.2 Å². The van der Waals surface area contributed by atoms with Gasteiger partial charge in [0.15, 0.2) is 0 Å². The van der Waals surface area contributed by atoms with Crippen LogP contribution < -0.4 is 5.32 Å². The predicted molar refractivity (Wildman–Crippen MR) is 80.4 cm³/mol. The van der Waals surface area contributed by atoms with E-state index in [4.69, 9.17) is 0 Å². The summed E-state index contributed by atoms with van der Waals surface area (Å²) in [4.78, 5) is 8.50. The van der Waals surface area contributed by atoms with Crippen LogP contribution in [-0.4, -0.2) is 35.1 Å². The highest BCUT2D eigenvalue weighted by atomic mass is 32.1. The van der Waals surface area contributed by atoms with Crippen LogP contribution in [0.15, 0.2) is 6.20 Å². The predicted octanol–water partition coefficient (Wildman–Crippen LogP) is 2.66. The van der Waals surface area contributed by atoms with Crippen molar-refractivity contribution in [1.29, 1.82) is 0 Å². The lowest BCUT2D eigenvalue weighted by Crippen LogP contribution is -2.58. The largest absolute Gasteiger partial charge is 0.311 e. The zero-order valence-corrected chi connectivity index (χ0v) is 13.0. The van der Waals surface area contributed by atoms with Gasteiger partial charge in [0.25, 0.3) is 0 Å². The van der Waals surface area contributed by atoms with Gasteiger partial charge in [0, 0.05) is 42.8 Å². The molecule has 2 heterocycles. The summed E-state index contributed by atoms with van der Waals surface area (Å²) in [7, 11) is 0. The van der Waals surface area contributed by atoms with Crippen molar-refractivity contribution in [2.75, 3.05) is 13.1 Å². The molecule has 106 valence electrons. The molecule has 1 aromatic rings. The minimum absolute atomic E-state index is 0.664. The van der Waals surface area contributed by atoms with Gasteiger partial charge in [-0.1, -0.05) is 13.8 Å². The summed E-state index contributed by atoms with van der Waals surface area (Å²) in [6.07, 6.45) is 4.92. The van der Waals surface area contributed by atoms with Crippen LogP contribution in [0.25, 0.3) is 0 Å². The molecule has 19 heavy (non-hydrogen) atoms. The average molecular weight is 279 g/mol. The van der Waals surface area contributed by atoms with Crippen LogP contribution in [0, 0.1) is 18.8 Å². The maximum atomic E-state index is 4.39. The first kappa shape index (κ1) is 13.5. The summed E-state index contributed by atoms with van der Waals surface area (Å²) in [5, 5.41) is 4.96. The second-order valence-electron chi connectivity index (χ2n) is 6.44. The fraction of sp³-hybridized carbons (Fsp3) is 0.800. The lowest BCUT2D eigenvalue weighted by atomic mass is 9.97. The molecule has 2 atom stereocenters. The number of aromatic nitrogens is 1. The molecule has 1 aliphatic carbocycles. The van der Waals surface area contributed by atoms with Crippen molar-refractivity contribution in [2.45, 2.75) is 52.2 Å². The third-order valence-electron chi connectivity index (χ3n) is 4.48. The number of thiazole rings is 1. The molecule has 1 aliphatic heterocycles. The van der Waals surface area contributed by atoms with Gasteiger partial charge < -0.3 is 5.32 Å². The van der Waals surface area contributed by atoms with Gasteiger partial charge in [-0.2, -0.15) is 0 Å². The monoisotopic (exact) mass is 279 g/mol. The molecule has 0 bridgehead atoms. The zero-order chi connectivity index (χ0) is 13.4. The molecule has 2 fully saturated rings. The van der Waals surface area contributed by atoms with Gasteiger partial charge in [0.1, 0.15) is 0 Å². The van der Waals surface area contributed by atoms with Crippen LogP contribution in [0.5, 0.6) is 0 Å². The first-order chi connectivity index (χ1) is 9.13. The Balaban J connectivity index is 1.69. The third kappa shape index (κ3) is 3.18. The van der Waals surface area contributed by atoms with Crippen molar-refractivity contribution in [2.24, 2.45) is 11.8 Å². The SMILES string of the molecule is Cc1ncc(CN2CC(C3CC3)NCC2C(C)C)s1. The summed E-state index contributed by atoms with van der Waals surface area (Å²) < 4.78 is 0. The van der Waals surface area contributed by atoms with Gasteiger partial charge in [-0.05, 0) is 31.6 Å². The van der Waals surface area contributed by atoms with E-state index in [1.807, 2.05) is 11.3 Å². The smallest absolute Gasteiger partial charge is 0.0897 e. The molecule has 4 heteroatoms. The van der Waals surface area contributed by atoms with Gasteiger partial charge in [-0.15, -0.1) is 11.3 Å². The highest BCUT2D eigenvalue weighted by Gasteiger charge is 2.37. The zero-order valence-electron chi connectivity index (χ0n) is 12.2. The average Bonchev–Trinajstić information content (AvgIpc) is 3.14. The van der Waals surface area contributed by atoms with Crippen molar-refractivity contribution in [3.05, 3.63) is 16.1 Å². The minimum atomic E-state index is 0.664. The Morgan fingerprint density at radius 1 is 1.47 bits per heavy atom. The summed E-state index contributed by atoms with van der Waals surface area (Å²) in [5.74, 6) is 1.65. The molecular weight excluding hydrogens is 254 g/mol. The highest BCUT2D eigenvalue weighted by molar-refractivity contribution is 7.11. The van der Waals surface area contributed by atoms with Crippen LogP contribution in [0.4, 0.5) is 0 Å². The fourth-order valence-corrected chi connectivity index (χ4v) is 4.01. The molecule has 1 saturated heterocycles. The van der Waals surface area contributed by atoms with Gasteiger partial charge in [0.2, 0.25) is 0 Å². The number of hydrogen-bond acceptors (Lipinski definition) is 4. The molecule has 0 aromatic carbocycles. The molecule has 0 amide bonds. The van der Waals surface area contributed by atoms with Crippen LogP contribution in [0.1, 0.15) is 36.6 Å². The van der Waals surface area contributed by atoms with E-state index >= 15 is 0 Å². The van der Waals surface area contributed by atoms with Crippen molar-refractivity contribution in [1.82, 2.24) is 15.2 Å². The Hall–Kier alpha value is -0.450. The second-order valence-corrected chi connectivity index (χ2v) is 7.76. The van der Waals surface area contributed by atoms with E-state index in [2.05, 4.69) is 42.2 Å². The Kier molecular flexibility index (Phi) is 3.92. The minimum Gasteiger partial charge on any atom is -0.311 e. The Morgan fingerprint density at radius 3 is 2.84 bits per heavy atom. The van der Waals surface area contributed by atoms with Crippen molar-refractivity contribution in [3.63, 3.8) is 0 Å². The van der Waals surface area contributed by atoms with Crippen LogP contribution in [-0.2, 0) is 6.54 Å². The van der Waals surface area contributed by atoms with Crippen molar-refractivity contribution in [3.8, 4) is 0 Å². The van der Waals surface area contributed by atoms with E-state index in [0.29, 0.717) is 12.0 Å². The van der Waals surface area contributed by atoms with E-state index in [-0.39, 0.29) is 0 Å². The molecule has 0 spiro atoms. The Labute approximate surface area is 120 Å². The summed E-state index contributed by atoms with van der Waals surface area (Å²) in [6, 6.07) is 1.39. The van der Waals surface area contributed by atoms with Gasteiger partial charge in [0.05, 0.1) is 5.01 Å². The lowest BCUT2D eigenvalue weighted by Gasteiger charge is -2.42. The van der Waals surface area contributed by atoms with E-state index in [9.17, 15) is 0 Å². The van der Waals surface area contributed by atoms with Crippen molar-refractivity contribution >= 4 is 11.3 Å². The molecule has 0 radical (unpaired) electrons. The van der Waals surface area contributed by atoms with Gasteiger partial charge >= 0.3 is 0 Å². The van der Waals surface area contributed by atoms with Crippen molar-refractivity contribution < 1.29 is 0 Å². The number of rotatable bonds is 4. The molecule has 1 N–H and O–H groups in total. The second kappa shape index (κ2) is 5.51. The molecular formula is C15H25N3S. The fourth-order valence-electron chi connectivity index (χ4n) is 3.19. The number of nitrogens with zero attached hydrogens (tertiary/aromatic N) is 2. The Morgan fingerprint density at radius 2 is 2.26 bits per heavy atom. The number of nitrogens with one attached hydrogen (secondary N) is 1. The third-order valence-corrected chi connectivity index (χ3v) is 5.38. The standard InChI is InChI=1S/C15H25N3S/c1-10(2)15-7-17-14(12-4-5-12)9-18(15)8-13-6-16-11(3)19-13/h6,10,12,14-15,17H,4-5,7-9H2,1-3H3. The molecule has 3 nitrogen and oxygen atoms in total. The van der Waals surface area contributed by atoms with E-state index < -0.39 is 0 Å². The number of piperazine rings is 1. The summed E-state index contributed by atoms with van der Waals surface area (Å²) in [5.41, 5.74) is 0. The van der Waals surface area contributed by atoms with Gasteiger partial charge in [-0.3, -0.25) is 4.90 Å². The van der Waals surface area contributed by atoms with E-state index in [1.165, 1.54) is 29.3 Å². The molecule has 2 aliphatic rings. The maximum absolute atomic E-state index is 4.39. The van der Waals surface area contributed by atoms with E-state index in [0.717, 1.165) is 25.0 Å². The van der Waals surface area contributed by atoms with Crippen LogP contribution in [0.3, 0.4) is 0 Å². The Bertz CT molecular complexity index is 425. The highest BCUT2D eigenvalue weighted by Crippen LogP contribution is 2.35. The molecule has 2 unspecified atom stereocenters. The molecule has 1 saturated carbocycles. The van der Waals surface area contributed by atoms with E-state index in [1.54, 1.807) is 0 Å². The number of aryl methyl sites for hydroxylation is 1. The summed E-state index contributed by atoms with van der Waals surface area (Å²) >= 11 is 1.85. The molecule has 3 rings (SSSR count). The van der Waals surface area contributed by atoms with Crippen LogP contribution in [0.2, 0.25) is 0 Å². The quantitative estimate of drug-likeness (QED) is 0.918. The molecule has 1 aromatic heterocycles. The number of hydrogen-bond donors (Lipinski definition) is 1. The first-order valence-electron chi connectivity index (χ1n) is 7.52. The summed E-state index contributed by atoms with van der Waals surface area (Å²) in [6.45, 7) is 10.2. The normalized spacial score (nSPS) is 29.1.